The molecule has 4 heteroatoms. The predicted molar refractivity (Wildman–Crippen MR) is 94.8 cm³/mol. The van der Waals surface area contributed by atoms with Crippen molar-refractivity contribution in [2.45, 2.75) is 51.4 Å². The largest absolute Gasteiger partial charge is 0.342 e. The lowest BCUT2D eigenvalue weighted by Crippen LogP contribution is -2.45. The quantitative estimate of drug-likeness (QED) is 0.808. The third-order valence-corrected chi connectivity index (χ3v) is 6.86. The molecular weight excluding hydrogens is 304 g/mol. The zero-order valence-electron chi connectivity index (χ0n) is 13.8. The molecular formula is C19H24N2OS. The van der Waals surface area contributed by atoms with Gasteiger partial charge in [0.15, 0.2) is 0 Å². The van der Waals surface area contributed by atoms with Gasteiger partial charge in [-0.25, -0.2) is 4.98 Å². The van der Waals surface area contributed by atoms with E-state index in [9.17, 15) is 4.79 Å². The number of carbonyl (C=O) groups excluding carboxylic acids is 1. The van der Waals surface area contributed by atoms with E-state index in [-0.39, 0.29) is 5.41 Å². The third kappa shape index (κ3) is 2.78. The van der Waals surface area contributed by atoms with Gasteiger partial charge in [-0.2, -0.15) is 0 Å². The molecule has 0 unspecified atom stereocenters. The number of para-hydroxylation sites is 1. The zero-order valence-corrected chi connectivity index (χ0v) is 14.6. The molecule has 3 nitrogen and oxygen atoms in total. The number of carbonyl (C=O) groups is 1. The Morgan fingerprint density at radius 3 is 2.61 bits per heavy atom. The van der Waals surface area contributed by atoms with Crippen molar-refractivity contribution in [3.63, 3.8) is 0 Å². The molecule has 2 aliphatic rings. The third-order valence-electron chi connectivity index (χ3n) is 5.67. The van der Waals surface area contributed by atoms with E-state index < -0.39 is 0 Å². The SMILES string of the molecule is CC1(C(=O)N2CCC(c3nc4ccccc4s3)CC2)CCCC1. The fourth-order valence-corrected chi connectivity index (χ4v) is 5.28. The van der Waals surface area contributed by atoms with Crippen molar-refractivity contribution in [2.24, 2.45) is 5.41 Å². The van der Waals surface area contributed by atoms with Gasteiger partial charge in [0.25, 0.3) is 0 Å². The van der Waals surface area contributed by atoms with Gasteiger partial charge in [-0.05, 0) is 37.8 Å². The minimum atomic E-state index is -0.0807. The minimum absolute atomic E-state index is 0.0807. The van der Waals surface area contributed by atoms with Crippen molar-refractivity contribution in [3.8, 4) is 0 Å². The molecule has 1 aliphatic heterocycles. The van der Waals surface area contributed by atoms with Gasteiger partial charge in [0.1, 0.15) is 0 Å². The summed E-state index contributed by atoms with van der Waals surface area (Å²) in [5.74, 6) is 0.922. The van der Waals surface area contributed by atoms with Crippen LogP contribution in [-0.2, 0) is 4.79 Å². The highest BCUT2D eigenvalue weighted by molar-refractivity contribution is 7.18. The summed E-state index contributed by atoms with van der Waals surface area (Å²) in [6, 6.07) is 8.37. The van der Waals surface area contributed by atoms with Crippen LogP contribution in [0.4, 0.5) is 0 Å². The van der Waals surface area contributed by atoms with Crippen LogP contribution in [-0.4, -0.2) is 28.9 Å². The van der Waals surface area contributed by atoms with Gasteiger partial charge < -0.3 is 4.90 Å². The Bertz CT molecular complexity index is 676. The molecule has 2 fully saturated rings. The first kappa shape index (κ1) is 15.1. The Kier molecular flexibility index (Phi) is 3.88. The summed E-state index contributed by atoms with van der Waals surface area (Å²) < 4.78 is 1.28. The lowest BCUT2D eigenvalue weighted by molar-refractivity contribution is -0.142. The number of hydrogen-bond acceptors (Lipinski definition) is 3. The Hall–Kier alpha value is -1.42. The maximum Gasteiger partial charge on any atom is 0.228 e. The van der Waals surface area contributed by atoms with Crippen LogP contribution in [0.3, 0.4) is 0 Å². The van der Waals surface area contributed by atoms with Crippen LogP contribution in [0.25, 0.3) is 10.2 Å². The number of amides is 1. The fraction of sp³-hybridized carbons (Fsp3) is 0.579. The number of benzene rings is 1. The first-order valence-electron chi connectivity index (χ1n) is 8.81. The van der Waals surface area contributed by atoms with E-state index >= 15 is 0 Å². The van der Waals surface area contributed by atoms with Gasteiger partial charge in [-0.3, -0.25) is 4.79 Å². The monoisotopic (exact) mass is 328 g/mol. The van der Waals surface area contributed by atoms with Crippen LogP contribution in [0.1, 0.15) is 56.4 Å². The average molecular weight is 328 g/mol. The summed E-state index contributed by atoms with van der Waals surface area (Å²) in [4.78, 5) is 19.8. The minimum Gasteiger partial charge on any atom is -0.342 e. The number of fused-ring (bicyclic) bond motifs is 1. The number of likely N-dealkylation sites (tertiary alicyclic amines) is 1. The average Bonchev–Trinajstić information content (AvgIpc) is 3.21. The molecule has 1 aromatic heterocycles. The van der Waals surface area contributed by atoms with Gasteiger partial charge in [-0.1, -0.05) is 31.9 Å². The molecule has 0 radical (unpaired) electrons. The van der Waals surface area contributed by atoms with Crippen LogP contribution >= 0.6 is 11.3 Å². The van der Waals surface area contributed by atoms with Crippen molar-refractivity contribution in [1.29, 1.82) is 0 Å². The number of piperidine rings is 1. The summed E-state index contributed by atoms with van der Waals surface area (Å²) >= 11 is 1.82. The van der Waals surface area contributed by atoms with Gasteiger partial charge in [0.05, 0.1) is 15.2 Å². The highest BCUT2D eigenvalue weighted by Gasteiger charge is 2.40. The Balaban J connectivity index is 1.43. The summed E-state index contributed by atoms with van der Waals surface area (Å²) in [6.45, 7) is 3.96. The molecule has 0 bridgehead atoms. The highest BCUT2D eigenvalue weighted by Crippen LogP contribution is 2.41. The molecule has 1 aromatic carbocycles. The van der Waals surface area contributed by atoms with Crippen LogP contribution in [0.15, 0.2) is 24.3 Å². The molecule has 0 spiro atoms. The summed E-state index contributed by atoms with van der Waals surface area (Å²) in [5, 5.41) is 1.25. The van der Waals surface area contributed by atoms with Crippen LogP contribution in [0.2, 0.25) is 0 Å². The Labute approximate surface area is 141 Å². The second-order valence-electron chi connectivity index (χ2n) is 7.35. The van der Waals surface area contributed by atoms with Crippen molar-refractivity contribution in [1.82, 2.24) is 9.88 Å². The van der Waals surface area contributed by atoms with Crippen LogP contribution < -0.4 is 0 Å². The molecule has 0 N–H and O–H groups in total. The fourth-order valence-electron chi connectivity index (χ4n) is 4.15. The lowest BCUT2D eigenvalue weighted by Gasteiger charge is -2.36. The van der Waals surface area contributed by atoms with Crippen molar-refractivity contribution in [2.75, 3.05) is 13.1 Å². The summed E-state index contributed by atoms with van der Waals surface area (Å²) in [7, 11) is 0. The normalized spacial score (nSPS) is 21.9. The Morgan fingerprint density at radius 2 is 1.91 bits per heavy atom. The maximum absolute atomic E-state index is 12.8. The second kappa shape index (κ2) is 5.90. The molecule has 4 rings (SSSR count). The van der Waals surface area contributed by atoms with E-state index in [1.165, 1.54) is 22.5 Å². The molecule has 1 aliphatic carbocycles. The highest BCUT2D eigenvalue weighted by atomic mass is 32.1. The van der Waals surface area contributed by atoms with Gasteiger partial charge in [0, 0.05) is 24.4 Å². The first-order chi connectivity index (χ1) is 11.2. The molecule has 23 heavy (non-hydrogen) atoms. The summed E-state index contributed by atoms with van der Waals surface area (Å²) in [6.07, 6.45) is 6.69. The van der Waals surface area contributed by atoms with E-state index in [0.717, 1.165) is 44.3 Å². The maximum atomic E-state index is 12.8. The van der Waals surface area contributed by atoms with E-state index in [4.69, 9.17) is 4.98 Å². The Morgan fingerprint density at radius 1 is 1.22 bits per heavy atom. The number of aromatic nitrogens is 1. The standard InChI is InChI=1S/C19H24N2OS/c1-19(10-4-5-11-19)18(22)21-12-8-14(9-13-21)17-20-15-6-2-3-7-16(15)23-17/h2-3,6-7,14H,4-5,8-13H2,1H3. The van der Waals surface area contributed by atoms with Crippen LogP contribution in [0.5, 0.6) is 0 Å². The smallest absolute Gasteiger partial charge is 0.228 e. The number of thiazole rings is 1. The molecule has 122 valence electrons. The van der Waals surface area contributed by atoms with E-state index in [1.54, 1.807) is 0 Å². The second-order valence-corrected chi connectivity index (χ2v) is 8.42. The number of nitrogens with zero attached hydrogens (tertiary/aromatic N) is 2. The van der Waals surface area contributed by atoms with Crippen molar-refractivity contribution in [3.05, 3.63) is 29.3 Å². The van der Waals surface area contributed by atoms with Gasteiger partial charge in [-0.15, -0.1) is 11.3 Å². The van der Waals surface area contributed by atoms with Crippen LogP contribution in [0, 0.1) is 5.41 Å². The topological polar surface area (TPSA) is 33.2 Å². The van der Waals surface area contributed by atoms with Crippen molar-refractivity contribution >= 4 is 27.5 Å². The van der Waals surface area contributed by atoms with Gasteiger partial charge >= 0.3 is 0 Å². The number of rotatable bonds is 2. The van der Waals surface area contributed by atoms with E-state index in [2.05, 4.69) is 36.1 Å². The molecule has 2 heterocycles. The van der Waals surface area contributed by atoms with Crippen molar-refractivity contribution < 1.29 is 4.79 Å². The van der Waals surface area contributed by atoms with E-state index in [0.29, 0.717) is 11.8 Å². The molecule has 1 saturated carbocycles. The van der Waals surface area contributed by atoms with Gasteiger partial charge in [0.2, 0.25) is 5.91 Å². The molecule has 2 aromatic rings. The lowest BCUT2D eigenvalue weighted by atomic mass is 9.85. The first-order valence-corrected chi connectivity index (χ1v) is 9.62. The molecule has 1 saturated heterocycles. The van der Waals surface area contributed by atoms with E-state index in [1.807, 2.05) is 11.3 Å². The molecule has 0 atom stereocenters. The summed E-state index contributed by atoms with van der Waals surface area (Å²) in [5.41, 5.74) is 1.03. The molecule has 1 amide bonds. The predicted octanol–water partition coefficient (Wildman–Crippen LogP) is 4.58. The number of hydrogen-bond donors (Lipinski definition) is 0. The zero-order chi connectivity index (χ0) is 15.9.